The first-order valence-corrected chi connectivity index (χ1v) is 7.52. The quantitative estimate of drug-likeness (QED) is 0.705. The molecule has 3 aromatic heterocycles. The van der Waals surface area contributed by atoms with E-state index in [2.05, 4.69) is 41.0 Å². The van der Waals surface area contributed by atoms with Gasteiger partial charge in [0.2, 0.25) is 0 Å². The summed E-state index contributed by atoms with van der Waals surface area (Å²) in [6.45, 7) is 3.71. The summed E-state index contributed by atoms with van der Waals surface area (Å²) in [6, 6.07) is 0.387. The molecule has 7 nitrogen and oxygen atoms in total. The predicted octanol–water partition coefficient (Wildman–Crippen LogP) is 1.69. The highest BCUT2D eigenvalue weighted by atomic mass is 79.9. The smallest absolute Gasteiger partial charge is 0.163 e. The molecule has 0 aliphatic carbocycles. The Morgan fingerprint density at radius 1 is 1.19 bits per heavy atom. The van der Waals surface area contributed by atoms with Gasteiger partial charge >= 0.3 is 0 Å². The fourth-order valence-electron chi connectivity index (χ4n) is 2.66. The second-order valence-electron chi connectivity index (χ2n) is 5.30. The fourth-order valence-corrected chi connectivity index (χ4v) is 2.97. The zero-order valence-electron chi connectivity index (χ0n) is 11.7. The second-order valence-corrected chi connectivity index (χ2v) is 6.21. The fraction of sp³-hybridized carbons (Fsp3) is 0.385. The molecule has 0 bridgehead atoms. The molecule has 0 unspecified atom stereocenters. The van der Waals surface area contributed by atoms with Crippen LogP contribution in [-0.2, 0) is 7.05 Å². The minimum Gasteiger partial charge on any atom is -0.351 e. The van der Waals surface area contributed by atoms with E-state index in [9.17, 15) is 0 Å². The topological polar surface area (TPSA) is 64.7 Å². The van der Waals surface area contributed by atoms with E-state index < -0.39 is 0 Å². The maximum atomic E-state index is 4.59. The van der Waals surface area contributed by atoms with E-state index in [4.69, 9.17) is 0 Å². The van der Waals surface area contributed by atoms with E-state index in [1.54, 1.807) is 4.68 Å². The van der Waals surface area contributed by atoms with Crippen molar-refractivity contribution in [1.82, 2.24) is 29.5 Å². The Morgan fingerprint density at radius 2 is 2.00 bits per heavy atom. The third-order valence-electron chi connectivity index (χ3n) is 3.79. The van der Waals surface area contributed by atoms with E-state index in [1.165, 1.54) is 0 Å². The van der Waals surface area contributed by atoms with Crippen LogP contribution in [0.1, 0.15) is 11.9 Å². The van der Waals surface area contributed by atoms with E-state index >= 15 is 0 Å². The standard InChI is InChI=1S/C13H14BrN7/c1-8-17-12-11(4-15-19(12)2)13(18-8)20-6-10(7-20)21-5-9(14)3-16-21/h3-5,10H,6-7H2,1-2H3. The van der Waals surface area contributed by atoms with Gasteiger partial charge in [-0.3, -0.25) is 9.36 Å². The SMILES string of the molecule is Cc1nc(N2CC(n3cc(Br)cn3)C2)c2cnn(C)c2n1. The first-order valence-electron chi connectivity index (χ1n) is 6.73. The molecule has 0 N–H and O–H groups in total. The van der Waals surface area contributed by atoms with Gasteiger partial charge in [0.15, 0.2) is 5.65 Å². The van der Waals surface area contributed by atoms with Crippen molar-refractivity contribution in [3.63, 3.8) is 0 Å². The lowest BCUT2D eigenvalue weighted by Crippen LogP contribution is -2.48. The van der Waals surface area contributed by atoms with Crippen LogP contribution in [0, 0.1) is 6.92 Å². The lowest BCUT2D eigenvalue weighted by atomic mass is 10.1. The maximum absolute atomic E-state index is 4.59. The average Bonchev–Trinajstić information content (AvgIpc) is 2.96. The number of aromatic nitrogens is 6. The number of hydrogen-bond acceptors (Lipinski definition) is 5. The highest BCUT2D eigenvalue weighted by Crippen LogP contribution is 2.31. The monoisotopic (exact) mass is 347 g/mol. The summed E-state index contributed by atoms with van der Waals surface area (Å²) in [5.74, 6) is 1.74. The number of fused-ring (bicyclic) bond motifs is 1. The Kier molecular flexibility index (Phi) is 2.75. The van der Waals surface area contributed by atoms with Gasteiger partial charge in [-0.2, -0.15) is 10.2 Å². The molecule has 21 heavy (non-hydrogen) atoms. The molecule has 108 valence electrons. The molecular weight excluding hydrogens is 334 g/mol. The summed E-state index contributed by atoms with van der Waals surface area (Å²) in [7, 11) is 1.90. The van der Waals surface area contributed by atoms with Crippen molar-refractivity contribution in [2.45, 2.75) is 13.0 Å². The third kappa shape index (κ3) is 2.01. The van der Waals surface area contributed by atoms with Crippen LogP contribution in [0.5, 0.6) is 0 Å². The van der Waals surface area contributed by atoms with E-state index in [0.717, 1.165) is 40.2 Å². The van der Waals surface area contributed by atoms with Crippen molar-refractivity contribution in [2.24, 2.45) is 7.05 Å². The van der Waals surface area contributed by atoms with Gasteiger partial charge in [-0.1, -0.05) is 0 Å². The van der Waals surface area contributed by atoms with Crippen LogP contribution >= 0.6 is 15.9 Å². The molecule has 0 spiro atoms. The van der Waals surface area contributed by atoms with Crippen molar-refractivity contribution in [1.29, 1.82) is 0 Å². The van der Waals surface area contributed by atoms with Crippen molar-refractivity contribution >= 4 is 32.8 Å². The Labute approximate surface area is 129 Å². The average molecular weight is 348 g/mol. The lowest BCUT2D eigenvalue weighted by Gasteiger charge is -2.40. The molecule has 3 aromatic rings. The summed E-state index contributed by atoms with van der Waals surface area (Å²) in [5, 5.41) is 9.63. The van der Waals surface area contributed by atoms with Crippen molar-refractivity contribution in [2.75, 3.05) is 18.0 Å². The molecule has 4 heterocycles. The summed E-state index contributed by atoms with van der Waals surface area (Å²) in [4.78, 5) is 11.3. The molecule has 1 aliphatic rings. The molecule has 4 rings (SSSR count). The van der Waals surface area contributed by atoms with E-state index in [-0.39, 0.29) is 0 Å². The number of halogens is 1. The zero-order valence-corrected chi connectivity index (χ0v) is 13.3. The molecule has 1 aliphatic heterocycles. The summed E-state index contributed by atoms with van der Waals surface area (Å²) in [5.41, 5.74) is 0.878. The second kappa shape index (κ2) is 4.52. The highest BCUT2D eigenvalue weighted by molar-refractivity contribution is 9.10. The molecule has 0 radical (unpaired) electrons. The molecule has 0 aromatic carbocycles. The number of aryl methyl sites for hydroxylation is 2. The molecular formula is C13H14BrN7. The number of anilines is 1. The first kappa shape index (κ1) is 12.8. The van der Waals surface area contributed by atoms with Crippen LogP contribution in [0.25, 0.3) is 11.0 Å². The van der Waals surface area contributed by atoms with E-state index in [0.29, 0.717) is 6.04 Å². The number of rotatable bonds is 2. The molecule has 8 heteroatoms. The van der Waals surface area contributed by atoms with Crippen LogP contribution < -0.4 is 4.90 Å². The Bertz CT molecular complexity index is 815. The first-order chi connectivity index (χ1) is 10.1. The zero-order chi connectivity index (χ0) is 14.6. The van der Waals surface area contributed by atoms with Crippen LogP contribution in [0.2, 0.25) is 0 Å². The third-order valence-corrected chi connectivity index (χ3v) is 4.20. The maximum Gasteiger partial charge on any atom is 0.163 e. The molecule has 0 saturated carbocycles. The van der Waals surface area contributed by atoms with Crippen LogP contribution in [0.4, 0.5) is 5.82 Å². The van der Waals surface area contributed by atoms with E-state index in [1.807, 2.05) is 37.2 Å². The summed E-state index contributed by atoms with van der Waals surface area (Å²) < 4.78 is 4.79. The van der Waals surface area contributed by atoms with Gasteiger partial charge in [0, 0.05) is 26.3 Å². The van der Waals surface area contributed by atoms with Crippen molar-refractivity contribution in [3.8, 4) is 0 Å². The molecule has 0 amide bonds. The molecule has 1 saturated heterocycles. The largest absolute Gasteiger partial charge is 0.351 e. The summed E-state index contributed by atoms with van der Waals surface area (Å²) in [6.07, 6.45) is 5.66. The minimum atomic E-state index is 0.387. The number of hydrogen-bond donors (Lipinski definition) is 0. The van der Waals surface area contributed by atoms with Crippen LogP contribution in [0.15, 0.2) is 23.1 Å². The van der Waals surface area contributed by atoms with Crippen LogP contribution in [0.3, 0.4) is 0 Å². The Hall–Kier alpha value is -1.96. The van der Waals surface area contributed by atoms with Crippen molar-refractivity contribution < 1.29 is 0 Å². The van der Waals surface area contributed by atoms with Gasteiger partial charge in [-0.15, -0.1) is 0 Å². The van der Waals surface area contributed by atoms with Gasteiger partial charge in [0.25, 0.3) is 0 Å². The normalized spacial score (nSPS) is 15.7. The van der Waals surface area contributed by atoms with Gasteiger partial charge in [0.1, 0.15) is 11.6 Å². The highest BCUT2D eigenvalue weighted by Gasteiger charge is 2.31. The Balaban J connectivity index is 1.64. The predicted molar refractivity (Wildman–Crippen MR) is 82.2 cm³/mol. The Morgan fingerprint density at radius 3 is 2.71 bits per heavy atom. The lowest BCUT2D eigenvalue weighted by molar-refractivity contribution is 0.366. The summed E-state index contributed by atoms with van der Waals surface area (Å²) >= 11 is 3.43. The molecule has 1 fully saturated rings. The van der Waals surface area contributed by atoms with Gasteiger partial charge in [-0.25, -0.2) is 9.97 Å². The van der Waals surface area contributed by atoms with Gasteiger partial charge in [-0.05, 0) is 22.9 Å². The van der Waals surface area contributed by atoms with Gasteiger partial charge in [0.05, 0.1) is 28.3 Å². The van der Waals surface area contributed by atoms with Crippen LogP contribution in [-0.4, -0.2) is 42.6 Å². The van der Waals surface area contributed by atoms with Crippen molar-refractivity contribution in [3.05, 3.63) is 28.9 Å². The number of nitrogens with zero attached hydrogens (tertiary/aromatic N) is 7. The minimum absolute atomic E-state index is 0.387. The van der Waals surface area contributed by atoms with Gasteiger partial charge < -0.3 is 4.90 Å². The molecule has 0 atom stereocenters.